The van der Waals surface area contributed by atoms with Gasteiger partial charge in [0.15, 0.2) is 0 Å². The van der Waals surface area contributed by atoms with Crippen molar-refractivity contribution in [2.75, 3.05) is 19.8 Å². The molecule has 0 aromatic carbocycles. The Morgan fingerprint density at radius 2 is 1.90 bits per heavy atom. The lowest BCUT2D eigenvalue weighted by Gasteiger charge is -2.58. The normalized spacial score (nSPS) is 45.4. The monoisotopic (exact) mass is 590 g/mol. The van der Waals surface area contributed by atoms with Gasteiger partial charge >= 0.3 is 17.9 Å². The van der Waals surface area contributed by atoms with Crippen molar-refractivity contribution >= 4 is 17.9 Å². The SMILES string of the molecule is CC(=O)OC1(C)CC(=O)OCC23CCC(C)=CC2OC2CC(OC(=O)C=C/C=C/C(C(C)O)OCC1O)C3(C)C21CO1. The van der Waals surface area contributed by atoms with E-state index < -0.39 is 76.9 Å². The summed E-state index contributed by atoms with van der Waals surface area (Å²) in [5, 5.41) is 21.2. The van der Waals surface area contributed by atoms with Gasteiger partial charge in [-0.15, -0.1) is 0 Å². The molecule has 2 bridgehead atoms. The standard InChI is InChI=1S/C31H42O11/c1-18-10-11-30-16-38-27(36)14-28(4,42-20(3)33)22(34)15-37-21(19(2)32)8-6-7-9-26(35)41-23-13-25(40-24(30)12-18)31(17-39-31)29(23,30)5/h6-9,12,19,21-25,32,34H,10-11,13-17H2,1-5H3/b8-6+,9-7?. The van der Waals surface area contributed by atoms with Crippen LogP contribution in [0.15, 0.2) is 36.0 Å². The van der Waals surface area contributed by atoms with Gasteiger partial charge in [-0.25, -0.2) is 4.79 Å². The third-order valence-electron chi connectivity index (χ3n) is 10.1. The third kappa shape index (κ3) is 5.13. The Labute approximate surface area is 245 Å². The van der Waals surface area contributed by atoms with E-state index in [1.165, 1.54) is 39.0 Å². The molecule has 5 rings (SSSR count). The molecule has 0 radical (unpaired) electrons. The van der Waals surface area contributed by atoms with Crippen LogP contribution in [0.4, 0.5) is 0 Å². The summed E-state index contributed by atoms with van der Waals surface area (Å²) in [5.74, 6) is -1.90. The van der Waals surface area contributed by atoms with Gasteiger partial charge < -0.3 is 38.6 Å². The molecule has 2 N–H and O–H groups in total. The van der Waals surface area contributed by atoms with Gasteiger partial charge in [0.1, 0.15) is 36.1 Å². The number of ether oxygens (including phenoxy) is 6. The second-order valence-corrected chi connectivity index (χ2v) is 12.8. The first-order chi connectivity index (χ1) is 19.8. The lowest BCUT2D eigenvalue weighted by molar-refractivity contribution is -0.234. The van der Waals surface area contributed by atoms with E-state index in [1.54, 1.807) is 6.08 Å². The van der Waals surface area contributed by atoms with Crippen molar-refractivity contribution in [1.82, 2.24) is 0 Å². The molecule has 1 saturated carbocycles. The molecule has 0 aromatic heterocycles. The van der Waals surface area contributed by atoms with Gasteiger partial charge in [0, 0.05) is 24.8 Å². The second-order valence-electron chi connectivity index (χ2n) is 12.8. The van der Waals surface area contributed by atoms with Gasteiger partial charge in [-0.05, 0) is 33.6 Å². The van der Waals surface area contributed by atoms with Crippen molar-refractivity contribution in [2.45, 2.75) is 108 Å². The van der Waals surface area contributed by atoms with Gasteiger partial charge in [0.05, 0.1) is 43.4 Å². The van der Waals surface area contributed by atoms with Crippen molar-refractivity contribution < 1.29 is 53.0 Å². The number of carbonyl (C=O) groups excluding carboxylic acids is 3. The Kier molecular flexibility index (Phi) is 8.21. The van der Waals surface area contributed by atoms with Crippen LogP contribution >= 0.6 is 0 Å². The largest absolute Gasteiger partial charge is 0.465 e. The van der Waals surface area contributed by atoms with Crippen LogP contribution in [0.3, 0.4) is 0 Å². The molecule has 3 fully saturated rings. The van der Waals surface area contributed by atoms with Crippen molar-refractivity contribution in [3.05, 3.63) is 36.0 Å². The van der Waals surface area contributed by atoms with E-state index in [0.717, 1.165) is 12.0 Å². The summed E-state index contributed by atoms with van der Waals surface area (Å²) >= 11 is 0. The number of cyclic esters (lactones) is 1. The van der Waals surface area contributed by atoms with Crippen LogP contribution in [-0.4, -0.2) is 95.8 Å². The van der Waals surface area contributed by atoms with Crippen molar-refractivity contribution in [1.29, 1.82) is 0 Å². The molecule has 3 aliphatic heterocycles. The van der Waals surface area contributed by atoms with Crippen molar-refractivity contribution in [3.63, 3.8) is 0 Å². The van der Waals surface area contributed by atoms with E-state index in [1.807, 2.05) is 6.92 Å². The van der Waals surface area contributed by atoms with Crippen LogP contribution in [0, 0.1) is 10.8 Å². The highest BCUT2D eigenvalue weighted by Crippen LogP contribution is 2.72. The van der Waals surface area contributed by atoms with E-state index >= 15 is 0 Å². The zero-order chi connectivity index (χ0) is 30.5. The first kappa shape index (κ1) is 30.9. The van der Waals surface area contributed by atoms with Crippen LogP contribution < -0.4 is 0 Å². The molecular weight excluding hydrogens is 548 g/mol. The Morgan fingerprint density at radius 1 is 1.17 bits per heavy atom. The molecule has 232 valence electrons. The molecule has 2 aliphatic carbocycles. The van der Waals surface area contributed by atoms with Gasteiger partial charge in [-0.3, -0.25) is 9.59 Å². The Balaban J connectivity index is 1.53. The Morgan fingerprint density at radius 3 is 2.57 bits per heavy atom. The fourth-order valence-electron chi connectivity index (χ4n) is 7.45. The van der Waals surface area contributed by atoms with Gasteiger partial charge in [-0.1, -0.05) is 36.8 Å². The zero-order valence-corrected chi connectivity index (χ0v) is 24.9. The number of allylic oxidation sites excluding steroid dienone is 3. The van der Waals surface area contributed by atoms with Gasteiger partial charge in [0.25, 0.3) is 0 Å². The quantitative estimate of drug-likeness (QED) is 0.211. The average molecular weight is 591 g/mol. The van der Waals surface area contributed by atoms with E-state index in [0.29, 0.717) is 19.4 Å². The first-order valence-electron chi connectivity index (χ1n) is 14.6. The number of aliphatic hydroxyl groups excluding tert-OH is 2. The first-order valence-corrected chi connectivity index (χ1v) is 14.6. The predicted octanol–water partition coefficient (Wildman–Crippen LogP) is 2.08. The number of rotatable bonds is 2. The number of esters is 3. The molecule has 11 heteroatoms. The highest BCUT2D eigenvalue weighted by atomic mass is 16.6. The van der Waals surface area contributed by atoms with Crippen molar-refractivity contribution in [3.8, 4) is 0 Å². The molecule has 3 heterocycles. The topological polar surface area (TPSA) is 150 Å². The summed E-state index contributed by atoms with van der Waals surface area (Å²) in [4.78, 5) is 38.5. The molecule has 42 heavy (non-hydrogen) atoms. The smallest absolute Gasteiger partial charge is 0.331 e. The second kappa shape index (κ2) is 11.2. The van der Waals surface area contributed by atoms with E-state index in [-0.39, 0.29) is 19.3 Å². The Hall–Kier alpha value is -2.57. The summed E-state index contributed by atoms with van der Waals surface area (Å²) in [6, 6.07) is 0. The van der Waals surface area contributed by atoms with Crippen LogP contribution in [-0.2, 0) is 42.8 Å². The maximum absolute atomic E-state index is 13.4. The van der Waals surface area contributed by atoms with Crippen LogP contribution in [0.2, 0.25) is 0 Å². The Bertz CT molecular complexity index is 1190. The van der Waals surface area contributed by atoms with Gasteiger partial charge in [0.2, 0.25) is 0 Å². The highest BCUT2D eigenvalue weighted by molar-refractivity contribution is 5.82. The summed E-state index contributed by atoms with van der Waals surface area (Å²) in [5.41, 5.74) is -2.67. The summed E-state index contributed by atoms with van der Waals surface area (Å²) in [6.45, 7) is 8.28. The molecular formula is C31H42O11. The number of hydrogen-bond acceptors (Lipinski definition) is 11. The van der Waals surface area contributed by atoms with E-state index in [4.69, 9.17) is 28.4 Å². The number of carbonyl (C=O) groups is 3. The zero-order valence-electron chi connectivity index (χ0n) is 24.9. The van der Waals surface area contributed by atoms with Gasteiger partial charge in [-0.2, -0.15) is 0 Å². The molecule has 10 atom stereocenters. The number of aliphatic hydroxyl groups is 2. The van der Waals surface area contributed by atoms with Crippen LogP contribution in [0.5, 0.6) is 0 Å². The lowest BCUT2D eigenvalue weighted by atomic mass is 9.51. The predicted molar refractivity (Wildman–Crippen MR) is 147 cm³/mol. The minimum Gasteiger partial charge on any atom is -0.465 e. The minimum absolute atomic E-state index is 0.0475. The molecule has 0 aromatic rings. The maximum Gasteiger partial charge on any atom is 0.331 e. The summed E-state index contributed by atoms with van der Waals surface area (Å²) < 4.78 is 36.0. The lowest BCUT2D eigenvalue weighted by Crippen LogP contribution is -2.66. The molecule has 2 spiro atoms. The fraction of sp³-hybridized carbons (Fsp3) is 0.710. The maximum atomic E-state index is 13.4. The van der Waals surface area contributed by atoms with Crippen LogP contribution in [0.1, 0.15) is 60.3 Å². The molecule has 2 saturated heterocycles. The van der Waals surface area contributed by atoms with Crippen molar-refractivity contribution in [2.24, 2.45) is 10.8 Å². The van der Waals surface area contributed by atoms with Crippen LogP contribution in [0.25, 0.3) is 0 Å². The summed E-state index contributed by atoms with van der Waals surface area (Å²) in [6.07, 6.45) is 4.82. The molecule has 5 aliphatic rings. The molecule has 10 unspecified atom stereocenters. The molecule has 11 nitrogen and oxygen atoms in total. The number of epoxide rings is 1. The third-order valence-corrected chi connectivity index (χ3v) is 10.1. The summed E-state index contributed by atoms with van der Waals surface area (Å²) in [7, 11) is 0. The average Bonchev–Trinajstić information content (AvgIpc) is 3.68. The fourth-order valence-corrected chi connectivity index (χ4v) is 7.45. The number of hydrogen-bond donors (Lipinski definition) is 2. The van der Waals surface area contributed by atoms with E-state index in [9.17, 15) is 24.6 Å². The molecule has 0 amide bonds. The highest BCUT2D eigenvalue weighted by Gasteiger charge is 2.83. The van der Waals surface area contributed by atoms with E-state index in [2.05, 4.69) is 13.0 Å². The minimum atomic E-state index is -1.66.